The second-order valence-electron chi connectivity index (χ2n) is 5.64. The molecule has 0 saturated heterocycles. The van der Waals surface area contributed by atoms with E-state index in [1.165, 1.54) is 44.4 Å². The van der Waals surface area contributed by atoms with E-state index in [2.05, 4.69) is 65.4 Å². The quantitative estimate of drug-likeness (QED) is 0.588. The lowest BCUT2D eigenvalue weighted by atomic mass is 9.90. The van der Waals surface area contributed by atoms with Crippen molar-refractivity contribution in [2.75, 3.05) is 0 Å². The summed E-state index contributed by atoms with van der Waals surface area (Å²) < 4.78 is 2.46. The van der Waals surface area contributed by atoms with Crippen LogP contribution in [-0.2, 0) is 13.1 Å². The number of hydrogen-bond acceptors (Lipinski definition) is 4. The van der Waals surface area contributed by atoms with Crippen molar-refractivity contribution in [1.29, 1.82) is 0 Å². The molecule has 0 amide bonds. The molecule has 1 aliphatic rings. The maximum atomic E-state index is 3.77. The molecule has 2 N–H and O–H groups in total. The van der Waals surface area contributed by atoms with Gasteiger partial charge in [0.25, 0.3) is 0 Å². The third-order valence-corrected chi connectivity index (χ3v) is 8.05. The third-order valence-electron chi connectivity index (χ3n) is 4.20. The summed E-state index contributed by atoms with van der Waals surface area (Å²) in [4.78, 5) is 2.79. The van der Waals surface area contributed by atoms with Crippen molar-refractivity contribution in [3.8, 4) is 0 Å². The molecule has 0 spiro atoms. The lowest BCUT2D eigenvalue weighted by Crippen LogP contribution is -2.49. The molecule has 2 heterocycles. The van der Waals surface area contributed by atoms with Gasteiger partial charge in [-0.15, -0.1) is 22.7 Å². The van der Waals surface area contributed by atoms with Gasteiger partial charge < -0.3 is 10.6 Å². The molecule has 1 saturated carbocycles. The Labute approximate surface area is 157 Å². The first-order valence-electron chi connectivity index (χ1n) is 7.64. The monoisotopic (exact) mass is 462 g/mol. The molecule has 2 atom stereocenters. The van der Waals surface area contributed by atoms with Gasteiger partial charge in [-0.1, -0.05) is 12.8 Å². The van der Waals surface area contributed by atoms with E-state index in [0.29, 0.717) is 12.1 Å². The Kier molecular flexibility index (Phi) is 6.53. The fourth-order valence-corrected chi connectivity index (χ4v) is 5.86. The molecule has 0 radical (unpaired) electrons. The van der Waals surface area contributed by atoms with Crippen molar-refractivity contribution in [3.05, 3.63) is 41.6 Å². The number of nitrogens with one attached hydrogen (secondary N) is 2. The Hall–Kier alpha value is 0.280. The van der Waals surface area contributed by atoms with Gasteiger partial charge in [-0.05, 0) is 67.6 Å². The highest BCUT2D eigenvalue weighted by molar-refractivity contribution is 9.10. The predicted octanol–water partition coefficient (Wildman–Crippen LogP) is 5.53. The molecule has 2 nitrogen and oxygen atoms in total. The van der Waals surface area contributed by atoms with Crippen LogP contribution in [-0.4, -0.2) is 12.1 Å². The fourth-order valence-electron chi connectivity index (χ4n) is 2.97. The molecule has 0 aliphatic heterocycles. The third kappa shape index (κ3) is 4.42. The number of rotatable bonds is 6. The average molecular weight is 464 g/mol. The maximum absolute atomic E-state index is 3.77. The van der Waals surface area contributed by atoms with E-state index >= 15 is 0 Å². The first kappa shape index (κ1) is 17.1. The second-order valence-corrected chi connectivity index (χ2v) is 9.35. The van der Waals surface area contributed by atoms with Gasteiger partial charge in [0.15, 0.2) is 0 Å². The molecule has 1 fully saturated rings. The van der Waals surface area contributed by atoms with Gasteiger partial charge in [0.05, 0.1) is 0 Å². The van der Waals surface area contributed by atoms with Crippen LogP contribution < -0.4 is 10.6 Å². The molecule has 2 aromatic rings. The van der Waals surface area contributed by atoms with Crippen LogP contribution in [0.15, 0.2) is 31.8 Å². The van der Waals surface area contributed by atoms with Crippen LogP contribution >= 0.6 is 54.5 Å². The van der Waals surface area contributed by atoms with Gasteiger partial charge in [0.2, 0.25) is 0 Å². The molecular weight excluding hydrogens is 444 g/mol. The molecule has 2 aromatic heterocycles. The molecule has 0 aromatic carbocycles. The van der Waals surface area contributed by atoms with Crippen molar-refractivity contribution in [1.82, 2.24) is 10.6 Å². The highest BCUT2D eigenvalue weighted by Gasteiger charge is 2.24. The Bertz CT molecular complexity index is 544. The van der Waals surface area contributed by atoms with Crippen LogP contribution in [0.25, 0.3) is 0 Å². The summed E-state index contributed by atoms with van der Waals surface area (Å²) in [5.41, 5.74) is 0. The van der Waals surface area contributed by atoms with Crippen LogP contribution in [0.2, 0.25) is 0 Å². The van der Waals surface area contributed by atoms with E-state index in [1.807, 2.05) is 22.7 Å². The van der Waals surface area contributed by atoms with E-state index in [9.17, 15) is 0 Å². The minimum Gasteiger partial charge on any atom is -0.308 e. The Morgan fingerprint density at radius 1 is 0.864 bits per heavy atom. The van der Waals surface area contributed by atoms with Gasteiger partial charge >= 0.3 is 0 Å². The molecule has 3 rings (SSSR count). The van der Waals surface area contributed by atoms with E-state index in [-0.39, 0.29) is 0 Å². The highest BCUT2D eigenvalue weighted by atomic mass is 79.9. The molecule has 1 aliphatic carbocycles. The smallest absolute Gasteiger partial charge is 0.0327 e. The van der Waals surface area contributed by atoms with E-state index in [4.69, 9.17) is 0 Å². The standard InChI is InChI=1S/C16H20Br2N2S2/c17-11-5-7-21-15(11)9-19-13-3-1-2-4-14(13)20-10-16-12(18)6-8-22-16/h5-8,13-14,19-20H,1-4,9-10H2/t13-,14-/m0/s1. The van der Waals surface area contributed by atoms with Gasteiger partial charge in [-0.3, -0.25) is 0 Å². The first-order valence-corrected chi connectivity index (χ1v) is 11.0. The summed E-state index contributed by atoms with van der Waals surface area (Å²) in [6, 6.07) is 5.40. The van der Waals surface area contributed by atoms with Crippen LogP contribution in [0.4, 0.5) is 0 Å². The highest BCUT2D eigenvalue weighted by Crippen LogP contribution is 2.26. The first-order chi connectivity index (χ1) is 10.7. The molecule has 0 bridgehead atoms. The van der Waals surface area contributed by atoms with Gasteiger partial charge in [0.1, 0.15) is 0 Å². The van der Waals surface area contributed by atoms with Crippen LogP contribution in [0.1, 0.15) is 35.4 Å². The van der Waals surface area contributed by atoms with Crippen LogP contribution in [0, 0.1) is 0 Å². The van der Waals surface area contributed by atoms with Crippen molar-refractivity contribution in [2.24, 2.45) is 0 Å². The minimum absolute atomic E-state index is 0.571. The number of halogens is 2. The fraction of sp³-hybridized carbons (Fsp3) is 0.500. The topological polar surface area (TPSA) is 24.1 Å². The van der Waals surface area contributed by atoms with E-state index < -0.39 is 0 Å². The Morgan fingerprint density at radius 2 is 1.32 bits per heavy atom. The average Bonchev–Trinajstić information content (AvgIpc) is 3.12. The Morgan fingerprint density at radius 3 is 1.68 bits per heavy atom. The summed E-state index contributed by atoms with van der Waals surface area (Å²) in [5.74, 6) is 0. The van der Waals surface area contributed by atoms with Gasteiger partial charge in [-0.25, -0.2) is 0 Å². The number of hydrogen-bond donors (Lipinski definition) is 2. The van der Waals surface area contributed by atoms with Crippen molar-refractivity contribution in [3.63, 3.8) is 0 Å². The van der Waals surface area contributed by atoms with Crippen LogP contribution in [0.5, 0.6) is 0 Å². The lowest BCUT2D eigenvalue weighted by Gasteiger charge is -2.33. The molecule has 120 valence electrons. The molecule has 22 heavy (non-hydrogen) atoms. The summed E-state index contributed by atoms with van der Waals surface area (Å²) in [6.45, 7) is 1.92. The molecule has 6 heteroatoms. The normalized spacial score (nSPS) is 22.1. The largest absolute Gasteiger partial charge is 0.308 e. The van der Waals surface area contributed by atoms with Gasteiger partial charge in [-0.2, -0.15) is 0 Å². The van der Waals surface area contributed by atoms with Crippen LogP contribution in [0.3, 0.4) is 0 Å². The summed E-state index contributed by atoms with van der Waals surface area (Å²) in [6.07, 6.45) is 5.22. The molecular formula is C16H20Br2N2S2. The predicted molar refractivity (Wildman–Crippen MR) is 104 cm³/mol. The zero-order valence-corrected chi connectivity index (χ0v) is 17.1. The second kappa shape index (κ2) is 8.40. The summed E-state index contributed by atoms with van der Waals surface area (Å²) in [5, 5.41) is 11.8. The lowest BCUT2D eigenvalue weighted by molar-refractivity contribution is 0.282. The van der Waals surface area contributed by atoms with Gasteiger partial charge in [0, 0.05) is 43.9 Å². The van der Waals surface area contributed by atoms with Crippen molar-refractivity contribution < 1.29 is 0 Å². The van der Waals surface area contributed by atoms with E-state index in [1.54, 1.807) is 0 Å². The van der Waals surface area contributed by atoms with E-state index in [0.717, 1.165) is 13.1 Å². The summed E-state index contributed by atoms with van der Waals surface area (Å²) in [7, 11) is 0. The SMILES string of the molecule is Brc1ccsc1CN[C@H]1CCCC[C@@H]1NCc1sccc1Br. The zero-order chi connectivity index (χ0) is 15.4. The summed E-state index contributed by atoms with van der Waals surface area (Å²) >= 11 is 10.9. The Balaban J connectivity index is 1.54. The maximum Gasteiger partial charge on any atom is 0.0327 e. The number of thiophene rings is 2. The van der Waals surface area contributed by atoms with Crippen molar-refractivity contribution >= 4 is 54.5 Å². The molecule has 0 unspecified atom stereocenters. The minimum atomic E-state index is 0.571. The van der Waals surface area contributed by atoms with Crippen molar-refractivity contribution in [2.45, 2.75) is 50.9 Å². The zero-order valence-electron chi connectivity index (χ0n) is 12.3.